The van der Waals surface area contributed by atoms with E-state index in [0.29, 0.717) is 18.8 Å². The summed E-state index contributed by atoms with van der Waals surface area (Å²) < 4.78 is 0. The number of rotatable bonds is 4. The SMILES string of the molecule is CCCc1nc(C(=O)N2CCC(C(=O)O)C2)n[nH]1. The Morgan fingerprint density at radius 1 is 1.56 bits per heavy atom. The third kappa shape index (κ3) is 2.49. The van der Waals surface area contributed by atoms with E-state index in [9.17, 15) is 9.59 Å². The van der Waals surface area contributed by atoms with Crippen molar-refractivity contribution in [3.63, 3.8) is 0 Å². The third-order valence-electron chi connectivity index (χ3n) is 3.03. The zero-order chi connectivity index (χ0) is 13.1. The molecule has 1 unspecified atom stereocenters. The standard InChI is InChI=1S/C11H16N4O3/c1-2-3-8-12-9(14-13-8)10(16)15-5-4-7(6-15)11(17)18/h7H,2-6H2,1H3,(H,17,18)(H,12,13,14). The molecule has 0 aromatic carbocycles. The molecule has 0 saturated carbocycles. The lowest BCUT2D eigenvalue weighted by Gasteiger charge is -2.12. The van der Waals surface area contributed by atoms with Gasteiger partial charge in [-0.2, -0.15) is 0 Å². The molecular formula is C11H16N4O3. The van der Waals surface area contributed by atoms with Gasteiger partial charge in [-0.05, 0) is 12.8 Å². The zero-order valence-corrected chi connectivity index (χ0v) is 10.2. The Labute approximate surface area is 104 Å². The van der Waals surface area contributed by atoms with Crippen LogP contribution in [-0.2, 0) is 11.2 Å². The van der Waals surface area contributed by atoms with E-state index in [2.05, 4.69) is 15.2 Å². The van der Waals surface area contributed by atoms with Gasteiger partial charge in [0.05, 0.1) is 5.92 Å². The molecule has 1 amide bonds. The fourth-order valence-electron chi connectivity index (χ4n) is 2.03. The number of hydrogen-bond donors (Lipinski definition) is 2. The van der Waals surface area contributed by atoms with E-state index < -0.39 is 11.9 Å². The summed E-state index contributed by atoms with van der Waals surface area (Å²) in [5, 5.41) is 15.5. The third-order valence-corrected chi connectivity index (χ3v) is 3.03. The molecule has 1 aromatic heterocycles. The zero-order valence-electron chi connectivity index (χ0n) is 10.2. The number of carboxylic acids is 1. The molecule has 1 saturated heterocycles. The van der Waals surface area contributed by atoms with Crippen molar-refractivity contribution >= 4 is 11.9 Å². The van der Waals surface area contributed by atoms with Gasteiger partial charge in [-0.3, -0.25) is 14.7 Å². The second-order valence-corrected chi connectivity index (χ2v) is 4.43. The van der Waals surface area contributed by atoms with Crippen LogP contribution in [0.25, 0.3) is 0 Å². The lowest BCUT2D eigenvalue weighted by molar-refractivity contribution is -0.141. The van der Waals surface area contributed by atoms with Gasteiger partial charge in [0.2, 0.25) is 5.82 Å². The summed E-state index contributed by atoms with van der Waals surface area (Å²) in [5.74, 6) is -0.799. The minimum atomic E-state index is -0.855. The van der Waals surface area contributed by atoms with E-state index in [1.54, 1.807) is 0 Å². The number of aromatic nitrogens is 3. The number of carbonyl (C=O) groups excluding carboxylic acids is 1. The highest BCUT2D eigenvalue weighted by Crippen LogP contribution is 2.17. The Kier molecular flexibility index (Phi) is 3.59. The van der Waals surface area contributed by atoms with Crippen LogP contribution >= 0.6 is 0 Å². The first kappa shape index (κ1) is 12.5. The molecule has 7 heteroatoms. The molecule has 1 aliphatic heterocycles. The first-order valence-corrected chi connectivity index (χ1v) is 6.05. The smallest absolute Gasteiger partial charge is 0.308 e. The van der Waals surface area contributed by atoms with Crippen LogP contribution in [-0.4, -0.2) is 50.2 Å². The summed E-state index contributed by atoms with van der Waals surface area (Å²) >= 11 is 0. The number of nitrogens with zero attached hydrogens (tertiary/aromatic N) is 3. The van der Waals surface area contributed by atoms with Gasteiger partial charge in [0, 0.05) is 19.5 Å². The largest absolute Gasteiger partial charge is 0.481 e. The molecular weight excluding hydrogens is 236 g/mol. The van der Waals surface area contributed by atoms with Crippen molar-refractivity contribution in [2.75, 3.05) is 13.1 Å². The summed E-state index contributed by atoms with van der Waals surface area (Å²) in [7, 11) is 0. The minimum Gasteiger partial charge on any atom is -0.481 e. The molecule has 0 radical (unpaired) electrons. The second-order valence-electron chi connectivity index (χ2n) is 4.43. The fourth-order valence-corrected chi connectivity index (χ4v) is 2.03. The maximum absolute atomic E-state index is 12.0. The summed E-state index contributed by atoms with van der Waals surface area (Å²) in [6, 6.07) is 0. The Hall–Kier alpha value is -1.92. The van der Waals surface area contributed by atoms with Crippen molar-refractivity contribution in [1.29, 1.82) is 0 Å². The number of nitrogens with one attached hydrogen (secondary N) is 1. The van der Waals surface area contributed by atoms with Crippen molar-refractivity contribution in [2.45, 2.75) is 26.2 Å². The van der Waals surface area contributed by atoms with Crippen LogP contribution in [0.1, 0.15) is 36.2 Å². The summed E-state index contributed by atoms with van der Waals surface area (Å²) in [6.07, 6.45) is 2.17. The Morgan fingerprint density at radius 3 is 2.94 bits per heavy atom. The van der Waals surface area contributed by atoms with E-state index >= 15 is 0 Å². The van der Waals surface area contributed by atoms with Crippen LogP contribution in [0.5, 0.6) is 0 Å². The van der Waals surface area contributed by atoms with Crippen molar-refractivity contribution in [3.05, 3.63) is 11.6 Å². The van der Waals surface area contributed by atoms with Crippen molar-refractivity contribution < 1.29 is 14.7 Å². The Morgan fingerprint density at radius 2 is 2.33 bits per heavy atom. The van der Waals surface area contributed by atoms with Crippen LogP contribution in [0, 0.1) is 5.92 Å². The number of aryl methyl sites for hydroxylation is 1. The minimum absolute atomic E-state index is 0.129. The van der Waals surface area contributed by atoms with Gasteiger partial charge >= 0.3 is 5.97 Å². The number of hydrogen-bond acceptors (Lipinski definition) is 4. The number of carbonyl (C=O) groups is 2. The van der Waals surface area contributed by atoms with Crippen molar-refractivity contribution in [1.82, 2.24) is 20.1 Å². The lowest BCUT2D eigenvalue weighted by Crippen LogP contribution is -2.30. The Bertz CT molecular complexity index is 457. The highest BCUT2D eigenvalue weighted by Gasteiger charge is 2.32. The van der Waals surface area contributed by atoms with E-state index in [0.717, 1.165) is 12.8 Å². The molecule has 1 atom stereocenters. The van der Waals surface area contributed by atoms with Gasteiger partial charge in [-0.15, -0.1) is 5.10 Å². The predicted molar refractivity (Wildman–Crippen MR) is 62.0 cm³/mol. The molecule has 1 aromatic rings. The maximum atomic E-state index is 12.0. The van der Waals surface area contributed by atoms with Gasteiger partial charge in [-0.25, -0.2) is 4.98 Å². The second kappa shape index (κ2) is 5.16. The molecule has 0 aliphatic carbocycles. The van der Waals surface area contributed by atoms with E-state index in [1.165, 1.54) is 4.90 Å². The number of aliphatic carboxylic acids is 1. The van der Waals surface area contributed by atoms with Gasteiger partial charge in [0.1, 0.15) is 5.82 Å². The number of amides is 1. The van der Waals surface area contributed by atoms with E-state index in [-0.39, 0.29) is 18.3 Å². The molecule has 2 rings (SSSR count). The molecule has 0 bridgehead atoms. The average molecular weight is 252 g/mol. The van der Waals surface area contributed by atoms with Gasteiger partial charge in [0.25, 0.3) is 5.91 Å². The van der Waals surface area contributed by atoms with Crippen molar-refractivity contribution in [3.8, 4) is 0 Å². The molecule has 2 heterocycles. The highest BCUT2D eigenvalue weighted by atomic mass is 16.4. The van der Waals surface area contributed by atoms with Gasteiger partial charge < -0.3 is 10.0 Å². The number of H-pyrrole nitrogens is 1. The molecule has 0 spiro atoms. The van der Waals surface area contributed by atoms with Crippen molar-refractivity contribution in [2.24, 2.45) is 5.92 Å². The normalized spacial score (nSPS) is 19.2. The Balaban J connectivity index is 2.01. The molecule has 2 N–H and O–H groups in total. The highest BCUT2D eigenvalue weighted by molar-refractivity contribution is 5.91. The molecule has 98 valence electrons. The van der Waals surface area contributed by atoms with E-state index in [4.69, 9.17) is 5.11 Å². The molecule has 1 aliphatic rings. The molecule has 18 heavy (non-hydrogen) atoms. The molecule has 1 fully saturated rings. The summed E-state index contributed by atoms with van der Waals surface area (Å²) in [4.78, 5) is 28.4. The number of likely N-dealkylation sites (tertiary alicyclic amines) is 1. The van der Waals surface area contributed by atoms with Gasteiger partial charge in [0.15, 0.2) is 0 Å². The lowest BCUT2D eigenvalue weighted by atomic mass is 10.1. The fraction of sp³-hybridized carbons (Fsp3) is 0.636. The summed E-state index contributed by atoms with van der Waals surface area (Å²) in [6.45, 7) is 2.71. The first-order chi connectivity index (χ1) is 8.61. The molecule has 7 nitrogen and oxygen atoms in total. The first-order valence-electron chi connectivity index (χ1n) is 6.05. The van der Waals surface area contributed by atoms with Crippen LogP contribution in [0.15, 0.2) is 0 Å². The number of aromatic amines is 1. The van der Waals surface area contributed by atoms with Crippen LogP contribution < -0.4 is 0 Å². The van der Waals surface area contributed by atoms with E-state index in [1.807, 2.05) is 6.92 Å². The van der Waals surface area contributed by atoms with Gasteiger partial charge in [-0.1, -0.05) is 6.92 Å². The maximum Gasteiger partial charge on any atom is 0.308 e. The average Bonchev–Trinajstić information content (AvgIpc) is 2.97. The van der Waals surface area contributed by atoms with Crippen LogP contribution in [0.4, 0.5) is 0 Å². The van der Waals surface area contributed by atoms with Crippen LogP contribution in [0.2, 0.25) is 0 Å². The number of carboxylic acid groups (broad SMARTS) is 1. The predicted octanol–water partition coefficient (Wildman–Crippen LogP) is 0.304. The summed E-state index contributed by atoms with van der Waals surface area (Å²) in [5.41, 5.74) is 0. The quantitative estimate of drug-likeness (QED) is 0.803. The van der Waals surface area contributed by atoms with Crippen LogP contribution in [0.3, 0.4) is 0 Å². The topological polar surface area (TPSA) is 99.2 Å². The monoisotopic (exact) mass is 252 g/mol.